The first-order valence-corrected chi connectivity index (χ1v) is 6.71. The molecule has 2 heteroatoms. The molecule has 2 nitrogen and oxygen atoms in total. The Labute approximate surface area is 118 Å². The van der Waals surface area contributed by atoms with Crippen molar-refractivity contribution >= 4 is 5.97 Å². The predicted octanol–water partition coefficient (Wildman–Crippen LogP) is 3.33. The number of esters is 1. The lowest BCUT2D eigenvalue weighted by Crippen LogP contribution is -2.38. The maximum atomic E-state index is 12.6. The van der Waals surface area contributed by atoms with Crippen LogP contribution in [-0.2, 0) is 14.9 Å². The molecular weight excluding hydrogens is 248 g/mol. The summed E-state index contributed by atoms with van der Waals surface area (Å²) < 4.78 is 5.37. The predicted molar refractivity (Wildman–Crippen MR) is 78.3 cm³/mol. The van der Waals surface area contributed by atoms with Crippen molar-refractivity contribution in [3.63, 3.8) is 0 Å². The van der Waals surface area contributed by atoms with Gasteiger partial charge in [0.25, 0.3) is 0 Å². The summed E-state index contributed by atoms with van der Waals surface area (Å²) >= 11 is 0. The number of carbonyl (C=O) groups excluding carboxylic acids is 1. The van der Waals surface area contributed by atoms with Crippen LogP contribution in [0.5, 0.6) is 0 Å². The lowest BCUT2D eigenvalue weighted by Gasteiger charge is -2.30. The number of cyclic esters (lactones) is 1. The first-order valence-electron chi connectivity index (χ1n) is 6.71. The number of hydrogen-bond donors (Lipinski definition) is 0. The first-order chi connectivity index (χ1) is 9.80. The highest BCUT2D eigenvalue weighted by atomic mass is 16.5. The fourth-order valence-corrected chi connectivity index (χ4v) is 3.03. The van der Waals surface area contributed by atoms with E-state index in [1.165, 1.54) is 0 Å². The Morgan fingerprint density at radius 2 is 1.50 bits per heavy atom. The van der Waals surface area contributed by atoms with Gasteiger partial charge in [-0.15, -0.1) is 6.58 Å². The molecule has 0 radical (unpaired) electrons. The molecular formula is C18H16O2. The van der Waals surface area contributed by atoms with Gasteiger partial charge in [0.05, 0.1) is 6.61 Å². The second-order valence-corrected chi connectivity index (χ2v) is 4.98. The van der Waals surface area contributed by atoms with Gasteiger partial charge in [-0.2, -0.15) is 0 Å². The summed E-state index contributed by atoms with van der Waals surface area (Å²) in [7, 11) is 0. The maximum absolute atomic E-state index is 12.6. The van der Waals surface area contributed by atoms with Crippen molar-refractivity contribution in [3.8, 4) is 0 Å². The summed E-state index contributed by atoms with van der Waals surface area (Å²) in [4.78, 5) is 12.6. The van der Waals surface area contributed by atoms with Crippen LogP contribution in [-0.4, -0.2) is 12.6 Å². The molecule has 1 heterocycles. The third-order valence-corrected chi connectivity index (χ3v) is 4.01. The van der Waals surface area contributed by atoms with Gasteiger partial charge in [-0.3, -0.25) is 4.79 Å². The highest BCUT2D eigenvalue weighted by molar-refractivity contribution is 5.90. The van der Waals surface area contributed by atoms with Crippen LogP contribution in [0.2, 0.25) is 0 Å². The molecule has 1 aliphatic rings. The summed E-state index contributed by atoms with van der Waals surface area (Å²) in [5.41, 5.74) is 1.14. The van der Waals surface area contributed by atoms with Gasteiger partial charge in [0.15, 0.2) is 0 Å². The zero-order valence-corrected chi connectivity index (χ0v) is 11.2. The van der Waals surface area contributed by atoms with Gasteiger partial charge in [-0.05, 0) is 11.1 Å². The number of carbonyl (C=O) groups is 1. The third-order valence-electron chi connectivity index (χ3n) is 4.01. The highest BCUT2D eigenvalue weighted by Crippen LogP contribution is 2.45. The topological polar surface area (TPSA) is 26.3 Å². The minimum absolute atomic E-state index is 0.0557. The zero-order valence-electron chi connectivity index (χ0n) is 11.2. The molecule has 100 valence electrons. The number of ether oxygens (including phenoxy) is 1. The summed E-state index contributed by atoms with van der Waals surface area (Å²) in [6.45, 7) is 4.27. The molecule has 0 spiro atoms. The van der Waals surface area contributed by atoms with E-state index in [1.807, 2.05) is 66.7 Å². The van der Waals surface area contributed by atoms with Gasteiger partial charge in [0.2, 0.25) is 0 Å². The number of benzene rings is 2. The fourth-order valence-electron chi connectivity index (χ4n) is 3.03. The van der Waals surface area contributed by atoms with Crippen LogP contribution in [0.1, 0.15) is 11.1 Å². The average molecular weight is 264 g/mol. The van der Waals surface area contributed by atoms with Crippen LogP contribution >= 0.6 is 0 Å². The van der Waals surface area contributed by atoms with E-state index in [-0.39, 0.29) is 11.9 Å². The van der Waals surface area contributed by atoms with E-state index in [4.69, 9.17) is 4.74 Å². The van der Waals surface area contributed by atoms with Gasteiger partial charge in [0, 0.05) is 5.92 Å². The SMILES string of the molecule is C=CC1COC(=O)C1(c1ccccc1)c1ccccc1. The molecule has 0 bridgehead atoms. The van der Waals surface area contributed by atoms with Crippen LogP contribution in [0.4, 0.5) is 0 Å². The maximum Gasteiger partial charge on any atom is 0.321 e. The quantitative estimate of drug-likeness (QED) is 0.628. The zero-order chi connectivity index (χ0) is 14.0. The van der Waals surface area contributed by atoms with E-state index < -0.39 is 5.41 Å². The highest BCUT2D eigenvalue weighted by Gasteiger charge is 2.53. The van der Waals surface area contributed by atoms with Crippen LogP contribution in [0.3, 0.4) is 0 Å². The molecule has 20 heavy (non-hydrogen) atoms. The number of hydrogen-bond acceptors (Lipinski definition) is 2. The Morgan fingerprint density at radius 3 is 1.95 bits per heavy atom. The van der Waals surface area contributed by atoms with E-state index in [2.05, 4.69) is 6.58 Å². The van der Waals surface area contributed by atoms with Crippen molar-refractivity contribution in [2.75, 3.05) is 6.61 Å². The molecule has 1 atom stereocenters. The lowest BCUT2D eigenvalue weighted by molar-refractivity contribution is -0.141. The Morgan fingerprint density at radius 1 is 1.00 bits per heavy atom. The molecule has 2 aromatic carbocycles. The molecule has 1 saturated heterocycles. The Hall–Kier alpha value is -2.35. The van der Waals surface area contributed by atoms with Crippen LogP contribution < -0.4 is 0 Å². The van der Waals surface area contributed by atoms with Gasteiger partial charge in [-0.25, -0.2) is 0 Å². The summed E-state index contributed by atoms with van der Waals surface area (Å²) in [6, 6.07) is 19.6. The second-order valence-electron chi connectivity index (χ2n) is 4.98. The minimum Gasteiger partial charge on any atom is -0.464 e. The molecule has 1 fully saturated rings. The van der Waals surface area contributed by atoms with Crippen molar-refractivity contribution in [2.24, 2.45) is 5.92 Å². The van der Waals surface area contributed by atoms with Crippen molar-refractivity contribution in [3.05, 3.63) is 84.4 Å². The Bertz CT molecular complexity index is 577. The van der Waals surface area contributed by atoms with E-state index in [1.54, 1.807) is 0 Å². The van der Waals surface area contributed by atoms with Gasteiger partial charge >= 0.3 is 5.97 Å². The summed E-state index contributed by atoms with van der Waals surface area (Å²) in [6.07, 6.45) is 1.82. The normalized spacial score (nSPS) is 20.4. The number of rotatable bonds is 3. The van der Waals surface area contributed by atoms with Crippen molar-refractivity contribution in [1.29, 1.82) is 0 Å². The van der Waals surface area contributed by atoms with Crippen LogP contribution in [0.25, 0.3) is 0 Å². The molecule has 2 aromatic rings. The fraction of sp³-hybridized carbons (Fsp3) is 0.167. The van der Waals surface area contributed by atoms with Gasteiger partial charge < -0.3 is 4.74 Å². The molecule has 0 amide bonds. The van der Waals surface area contributed by atoms with E-state index in [9.17, 15) is 4.79 Å². The Balaban J connectivity index is 2.28. The average Bonchev–Trinajstić information content (AvgIpc) is 2.86. The smallest absolute Gasteiger partial charge is 0.321 e. The molecule has 0 aliphatic carbocycles. The first kappa shape index (κ1) is 12.7. The van der Waals surface area contributed by atoms with Crippen LogP contribution in [0.15, 0.2) is 73.3 Å². The molecule has 3 rings (SSSR count). The molecule has 1 unspecified atom stereocenters. The van der Waals surface area contributed by atoms with Crippen molar-refractivity contribution in [1.82, 2.24) is 0 Å². The monoisotopic (exact) mass is 264 g/mol. The standard InChI is InChI=1S/C18H16O2/c1-2-14-13-20-17(19)18(14,15-9-5-3-6-10-15)16-11-7-4-8-12-16/h2-12,14H,1,13H2. The van der Waals surface area contributed by atoms with Gasteiger partial charge in [-0.1, -0.05) is 66.7 Å². The lowest BCUT2D eigenvalue weighted by atomic mass is 9.67. The van der Waals surface area contributed by atoms with Gasteiger partial charge in [0.1, 0.15) is 5.41 Å². The van der Waals surface area contributed by atoms with Crippen molar-refractivity contribution < 1.29 is 9.53 Å². The molecule has 0 aromatic heterocycles. The van der Waals surface area contributed by atoms with E-state index in [0.717, 1.165) is 11.1 Å². The van der Waals surface area contributed by atoms with E-state index in [0.29, 0.717) is 6.61 Å². The molecule has 1 aliphatic heterocycles. The minimum atomic E-state index is -0.774. The molecule has 0 N–H and O–H groups in total. The second kappa shape index (κ2) is 4.97. The largest absolute Gasteiger partial charge is 0.464 e. The molecule has 0 saturated carbocycles. The Kier molecular flexibility index (Phi) is 3.15. The van der Waals surface area contributed by atoms with E-state index >= 15 is 0 Å². The van der Waals surface area contributed by atoms with Crippen molar-refractivity contribution in [2.45, 2.75) is 5.41 Å². The third kappa shape index (κ3) is 1.68. The summed E-state index contributed by atoms with van der Waals surface area (Å²) in [5.74, 6) is -0.250. The summed E-state index contributed by atoms with van der Waals surface area (Å²) in [5, 5.41) is 0. The van der Waals surface area contributed by atoms with Crippen LogP contribution in [0, 0.1) is 5.92 Å².